The zero-order chi connectivity index (χ0) is 22.5. The van der Waals surface area contributed by atoms with Crippen molar-refractivity contribution in [2.45, 2.75) is 32.2 Å². The molecule has 7 heteroatoms. The number of nitrogens with one attached hydrogen (secondary N) is 1. The van der Waals surface area contributed by atoms with Gasteiger partial charge in [0, 0.05) is 37.0 Å². The van der Waals surface area contributed by atoms with Gasteiger partial charge in [-0.05, 0) is 43.4 Å². The zero-order valence-corrected chi connectivity index (χ0v) is 17.7. The lowest BCUT2D eigenvalue weighted by Crippen LogP contribution is -2.41. The number of hydrogen-bond acceptors (Lipinski definition) is 4. The summed E-state index contributed by atoms with van der Waals surface area (Å²) in [6, 6.07) is 15.0. The Bertz CT molecular complexity index is 1190. The topological polar surface area (TPSA) is 79.6 Å². The molecule has 4 rings (SSSR count). The first kappa shape index (κ1) is 21.7. The highest BCUT2D eigenvalue weighted by atomic mass is 19.1. The third-order valence-electron chi connectivity index (χ3n) is 5.89. The number of likely N-dealkylation sites (tertiary alicyclic amines) is 1. The largest absolute Gasteiger partial charge is 0.422 e. The number of nitrogens with zero attached hydrogens (tertiary/aromatic N) is 1. The molecule has 32 heavy (non-hydrogen) atoms. The zero-order valence-electron chi connectivity index (χ0n) is 17.7. The van der Waals surface area contributed by atoms with Gasteiger partial charge in [-0.3, -0.25) is 9.59 Å². The maximum absolute atomic E-state index is 13.7. The van der Waals surface area contributed by atoms with E-state index in [2.05, 4.69) is 5.32 Å². The van der Waals surface area contributed by atoms with E-state index in [0.717, 1.165) is 12.8 Å². The minimum atomic E-state index is -0.636. The van der Waals surface area contributed by atoms with E-state index in [1.54, 1.807) is 47.4 Å². The van der Waals surface area contributed by atoms with E-state index in [4.69, 9.17) is 4.42 Å². The Morgan fingerprint density at radius 1 is 1.12 bits per heavy atom. The molecule has 0 saturated carbocycles. The van der Waals surface area contributed by atoms with Crippen LogP contribution in [-0.4, -0.2) is 29.8 Å². The second-order valence-electron chi connectivity index (χ2n) is 8.15. The molecular weight excluding hydrogens is 411 g/mol. The van der Waals surface area contributed by atoms with Crippen molar-refractivity contribution in [3.05, 3.63) is 82.0 Å². The monoisotopic (exact) mass is 436 g/mol. The molecule has 1 fully saturated rings. The molecule has 3 aromatic rings. The molecule has 0 bridgehead atoms. The van der Waals surface area contributed by atoms with E-state index in [1.165, 1.54) is 6.07 Å². The highest BCUT2D eigenvalue weighted by molar-refractivity contribution is 5.96. The van der Waals surface area contributed by atoms with Crippen LogP contribution in [0.5, 0.6) is 0 Å². The number of benzene rings is 2. The van der Waals surface area contributed by atoms with E-state index in [-0.39, 0.29) is 35.7 Å². The summed E-state index contributed by atoms with van der Waals surface area (Å²) in [5, 5.41) is 3.45. The average molecular weight is 436 g/mol. The van der Waals surface area contributed by atoms with Gasteiger partial charge in [-0.2, -0.15) is 0 Å². The van der Waals surface area contributed by atoms with Crippen LogP contribution >= 0.6 is 0 Å². The van der Waals surface area contributed by atoms with Crippen molar-refractivity contribution in [3.8, 4) is 0 Å². The van der Waals surface area contributed by atoms with Crippen molar-refractivity contribution in [2.75, 3.05) is 13.1 Å². The lowest BCUT2D eigenvalue weighted by molar-refractivity contribution is -0.121. The lowest BCUT2D eigenvalue weighted by Gasteiger charge is -2.32. The number of para-hydroxylation sites is 1. The number of rotatable bonds is 6. The molecule has 6 nitrogen and oxygen atoms in total. The van der Waals surface area contributed by atoms with Crippen molar-refractivity contribution in [2.24, 2.45) is 5.92 Å². The van der Waals surface area contributed by atoms with Crippen molar-refractivity contribution >= 4 is 22.8 Å². The molecule has 0 unspecified atom stereocenters. The molecule has 0 radical (unpaired) electrons. The molecule has 166 valence electrons. The van der Waals surface area contributed by atoms with Crippen LogP contribution < -0.4 is 10.9 Å². The molecule has 2 aromatic carbocycles. The number of carbonyl (C=O) groups excluding carboxylic acids is 2. The Morgan fingerprint density at radius 2 is 1.91 bits per heavy atom. The quantitative estimate of drug-likeness (QED) is 0.595. The number of hydrogen-bond donors (Lipinski definition) is 1. The van der Waals surface area contributed by atoms with Crippen molar-refractivity contribution in [3.63, 3.8) is 0 Å². The normalized spacial score (nSPS) is 16.2. The second-order valence-corrected chi connectivity index (χ2v) is 8.15. The fraction of sp³-hybridized carbons (Fsp3) is 0.320. The van der Waals surface area contributed by atoms with Gasteiger partial charge in [0.1, 0.15) is 17.0 Å². The standard InChI is InChI=1S/C25H25FN2O4/c26-21-9-3-1-8-19(21)15-27-23(29)12-11-17-6-5-13-28(16-17)24(30)20-14-18-7-2-4-10-22(18)32-25(20)31/h1-4,7-10,14,17H,5-6,11-13,15-16H2,(H,27,29)/t17-/m1/s1. The first-order valence-corrected chi connectivity index (χ1v) is 10.8. The molecule has 2 heterocycles. The summed E-state index contributed by atoms with van der Waals surface area (Å²) in [6.07, 6.45) is 2.65. The van der Waals surface area contributed by atoms with Gasteiger partial charge in [-0.1, -0.05) is 36.4 Å². The SMILES string of the molecule is O=C(CC[C@H]1CCCN(C(=O)c2cc3ccccc3oc2=O)C1)NCc1ccccc1F. The summed E-state index contributed by atoms with van der Waals surface area (Å²) < 4.78 is 19.0. The van der Waals surface area contributed by atoms with Crippen LogP contribution in [0.4, 0.5) is 4.39 Å². The van der Waals surface area contributed by atoms with Crippen LogP contribution in [0.15, 0.2) is 63.8 Å². The van der Waals surface area contributed by atoms with Gasteiger partial charge in [0.05, 0.1) is 0 Å². The summed E-state index contributed by atoms with van der Waals surface area (Å²) in [4.78, 5) is 39.2. The van der Waals surface area contributed by atoms with Crippen LogP contribution in [0, 0.1) is 11.7 Å². The molecular formula is C25H25FN2O4. The van der Waals surface area contributed by atoms with E-state index in [0.29, 0.717) is 42.5 Å². The first-order valence-electron chi connectivity index (χ1n) is 10.8. The van der Waals surface area contributed by atoms with Crippen molar-refractivity contribution < 1.29 is 18.4 Å². The fourth-order valence-electron chi connectivity index (χ4n) is 4.13. The number of piperidine rings is 1. The molecule has 1 aliphatic heterocycles. The molecule has 1 N–H and O–H groups in total. The summed E-state index contributed by atoms with van der Waals surface area (Å²) in [5.74, 6) is -0.656. The van der Waals surface area contributed by atoms with Gasteiger partial charge in [-0.15, -0.1) is 0 Å². The number of fused-ring (bicyclic) bond motifs is 1. The van der Waals surface area contributed by atoms with Crippen LogP contribution in [0.3, 0.4) is 0 Å². The third-order valence-corrected chi connectivity index (χ3v) is 5.89. The minimum absolute atomic E-state index is 0.0342. The second kappa shape index (κ2) is 9.77. The first-order chi connectivity index (χ1) is 15.5. The maximum Gasteiger partial charge on any atom is 0.349 e. The average Bonchev–Trinajstić information content (AvgIpc) is 2.81. The number of halogens is 1. The molecule has 1 atom stereocenters. The molecule has 1 aliphatic rings. The van der Waals surface area contributed by atoms with E-state index in [9.17, 15) is 18.8 Å². The Balaban J connectivity index is 1.33. The molecule has 0 aliphatic carbocycles. The van der Waals surface area contributed by atoms with E-state index in [1.807, 2.05) is 6.07 Å². The van der Waals surface area contributed by atoms with Gasteiger partial charge in [0.15, 0.2) is 0 Å². The van der Waals surface area contributed by atoms with Crippen LogP contribution in [-0.2, 0) is 11.3 Å². The summed E-state index contributed by atoms with van der Waals surface area (Å²) in [6.45, 7) is 1.21. The molecule has 2 amide bonds. The smallest absolute Gasteiger partial charge is 0.349 e. The number of amides is 2. The minimum Gasteiger partial charge on any atom is -0.422 e. The predicted molar refractivity (Wildman–Crippen MR) is 119 cm³/mol. The van der Waals surface area contributed by atoms with E-state index >= 15 is 0 Å². The summed E-state index contributed by atoms with van der Waals surface area (Å²) in [5.41, 5.74) is 0.298. The van der Waals surface area contributed by atoms with Crippen LogP contribution in [0.25, 0.3) is 11.0 Å². The maximum atomic E-state index is 13.7. The highest BCUT2D eigenvalue weighted by Gasteiger charge is 2.27. The fourth-order valence-corrected chi connectivity index (χ4v) is 4.13. The molecule has 0 spiro atoms. The van der Waals surface area contributed by atoms with Gasteiger partial charge in [0.2, 0.25) is 5.91 Å². The Hall–Kier alpha value is -3.48. The van der Waals surface area contributed by atoms with Gasteiger partial charge < -0.3 is 14.6 Å². The van der Waals surface area contributed by atoms with E-state index < -0.39 is 5.63 Å². The van der Waals surface area contributed by atoms with Crippen LogP contribution in [0.2, 0.25) is 0 Å². The summed E-state index contributed by atoms with van der Waals surface area (Å²) >= 11 is 0. The predicted octanol–water partition coefficient (Wildman–Crippen LogP) is 3.88. The number of carbonyl (C=O) groups is 2. The lowest BCUT2D eigenvalue weighted by atomic mass is 9.93. The van der Waals surface area contributed by atoms with Gasteiger partial charge >= 0.3 is 5.63 Å². The molecule has 1 saturated heterocycles. The van der Waals surface area contributed by atoms with Gasteiger partial charge in [0.25, 0.3) is 5.91 Å². The van der Waals surface area contributed by atoms with Gasteiger partial charge in [-0.25, -0.2) is 9.18 Å². The van der Waals surface area contributed by atoms with Crippen molar-refractivity contribution in [1.82, 2.24) is 10.2 Å². The molecule has 1 aromatic heterocycles. The highest BCUT2D eigenvalue weighted by Crippen LogP contribution is 2.23. The van der Waals surface area contributed by atoms with Crippen LogP contribution in [0.1, 0.15) is 41.6 Å². The van der Waals surface area contributed by atoms with Crippen molar-refractivity contribution in [1.29, 1.82) is 0 Å². The Kier molecular flexibility index (Phi) is 6.63. The Labute approximate surface area is 185 Å². The Morgan fingerprint density at radius 3 is 2.75 bits per heavy atom. The summed E-state index contributed by atoms with van der Waals surface area (Å²) in [7, 11) is 0. The third kappa shape index (κ3) is 5.04.